The van der Waals surface area contributed by atoms with Gasteiger partial charge in [-0.15, -0.1) is 0 Å². The number of rotatable bonds is 4. The summed E-state index contributed by atoms with van der Waals surface area (Å²) in [6.07, 6.45) is 1.66. The van der Waals surface area contributed by atoms with E-state index in [4.69, 9.17) is 16.7 Å². The fourth-order valence-electron chi connectivity index (χ4n) is 1.32. The van der Waals surface area contributed by atoms with Crippen molar-refractivity contribution in [2.24, 2.45) is 0 Å². The van der Waals surface area contributed by atoms with Crippen LogP contribution in [0.3, 0.4) is 0 Å². The summed E-state index contributed by atoms with van der Waals surface area (Å²) < 4.78 is 0. The lowest BCUT2D eigenvalue weighted by Gasteiger charge is -2.27. The Kier molecular flexibility index (Phi) is 3.86. The van der Waals surface area contributed by atoms with Crippen molar-refractivity contribution in [3.05, 3.63) is 29.0 Å². The first-order chi connectivity index (χ1) is 6.58. The molecule has 78 valence electrons. The van der Waals surface area contributed by atoms with Gasteiger partial charge in [-0.1, -0.05) is 17.7 Å². The van der Waals surface area contributed by atoms with Crippen LogP contribution in [0.25, 0.3) is 0 Å². The van der Waals surface area contributed by atoms with Crippen molar-refractivity contribution in [3.63, 3.8) is 0 Å². The largest absolute Gasteiger partial charge is 0.395 e. The molecule has 3 nitrogen and oxygen atoms in total. The average molecular weight is 215 g/mol. The standard InChI is InChI=1S/C10H15ClN2O/c1-10(2,13-6-7-14)8-4-3-5-12-9(8)11/h3-5,13-14H,6-7H2,1-2H3. The summed E-state index contributed by atoms with van der Waals surface area (Å²) in [5.74, 6) is 0. The van der Waals surface area contributed by atoms with E-state index in [0.29, 0.717) is 11.7 Å². The lowest BCUT2D eigenvalue weighted by Crippen LogP contribution is -2.38. The van der Waals surface area contributed by atoms with Crippen LogP contribution in [-0.2, 0) is 5.54 Å². The molecule has 0 spiro atoms. The average Bonchev–Trinajstić information content (AvgIpc) is 2.15. The topological polar surface area (TPSA) is 45.1 Å². The van der Waals surface area contributed by atoms with Gasteiger partial charge in [-0.05, 0) is 19.9 Å². The number of nitrogens with one attached hydrogen (secondary N) is 1. The van der Waals surface area contributed by atoms with E-state index in [1.807, 2.05) is 26.0 Å². The highest BCUT2D eigenvalue weighted by molar-refractivity contribution is 6.30. The molecule has 0 radical (unpaired) electrons. The summed E-state index contributed by atoms with van der Waals surface area (Å²) in [7, 11) is 0. The van der Waals surface area contributed by atoms with Crippen LogP contribution in [0.1, 0.15) is 19.4 Å². The van der Waals surface area contributed by atoms with Crippen LogP contribution in [0.5, 0.6) is 0 Å². The van der Waals surface area contributed by atoms with E-state index < -0.39 is 0 Å². The van der Waals surface area contributed by atoms with Crippen LogP contribution in [0.4, 0.5) is 0 Å². The van der Waals surface area contributed by atoms with E-state index in [1.165, 1.54) is 0 Å². The molecule has 2 N–H and O–H groups in total. The van der Waals surface area contributed by atoms with E-state index in [0.717, 1.165) is 5.56 Å². The zero-order valence-electron chi connectivity index (χ0n) is 8.42. The Hall–Kier alpha value is -0.640. The minimum Gasteiger partial charge on any atom is -0.395 e. The van der Waals surface area contributed by atoms with Gasteiger partial charge in [0.1, 0.15) is 5.15 Å². The highest BCUT2D eigenvalue weighted by Crippen LogP contribution is 2.25. The molecule has 0 saturated carbocycles. The molecule has 0 unspecified atom stereocenters. The molecule has 0 fully saturated rings. The van der Waals surface area contributed by atoms with Gasteiger partial charge >= 0.3 is 0 Å². The number of aliphatic hydroxyl groups is 1. The van der Waals surface area contributed by atoms with Crippen molar-refractivity contribution in [1.29, 1.82) is 0 Å². The Labute approximate surface area is 89.1 Å². The zero-order valence-corrected chi connectivity index (χ0v) is 9.17. The van der Waals surface area contributed by atoms with Gasteiger partial charge in [0.15, 0.2) is 0 Å². The van der Waals surface area contributed by atoms with Crippen LogP contribution in [0.2, 0.25) is 5.15 Å². The van der Waals surface area contributed by atoms with E-state index in [9.17, 15) is 0 Å². The van der Waals surface area contributed by atoms with Crippen LogP contribution < -0.4 is 5.32 Å². The quantitative estimate of drug-likeness (QED) is 0.748. The molecule has 0 saturated heterocycles. The van der Waals surface area contributed by atoms with Crippen LogP contribution in [0, 0.1) is 0 Å². The summed E-state index contributed by atoms with van der Waals surface area (Å²) in [6.45, 7) is 4.66. The van der Waals surface area contributed by atoms with Crippen LogP contribution >= 0.6 is 11.6 Å². The summed E-state index contributed by atoms with van der Waals surface area (Å²) in [4.78, 5) is 4.02. The fourth-order valence-corrected chi connectivity index (χ4v) is 1.67. The molecule has 1 heterocycles. The second-order valence-electron chi connectivity index (χ2n) is 3.62. The normalized spacial score (nSPS) is 11.7. The fraction of sp³-hybridized carbons (Fsp3) is 0.500. The smallest absolute Gasteiger partial charge is 0.134 e. The SMILES string of the molecule is CC(C)(NCCO)c1cccnc1Cl. The molecule has 1 aromatic heterocycles. The molecule has 14 heavy (non-hydrogen) atoms. The molecular formula is C10H15ClN2O. The van der Waals surface area contributed by atoms with Crippen molar-refractivity contribution in [2.45, 2.75) is 19.4 Å². The molecule has 0 aromatic carbocycles. The van der Waals surface area contributed by atoms with Crippen LogP contribution in [-0.4, -0.2) is 23.2 Å². The van der Waals surface area contributed by atoms with Crippen molar-refractivity contribution in [2.75, 3.05) is 13.2 Å². The summed E-state index contributed by atoms with van der Waals surface area (Å²) in [6, 6.07) is 3.78. The Morgan fingerprint density at radius 2 is 2.29 bits per heavy atom. The number of hydrogen-bond donors (Lipinski definition) is 2. The van der Waals surface area contributed by atoms with Gasteiger partial charge in [0.25, 0.3) is 0 Å². The number of nitrogens with zero attached hydrogens (tertiary/aromatic N) is 1. The maximum atomic E-state index is 8.73. The summed E-state index contributed by atoms with van der Waals surface area (Å²) in [5.41, 5.74) is 0.670. The lowest BCUT2D eigenvalue weighted by atomic mass is 9.96. The maximum Gasteiger partial charge on any atom is 0.134 e. The van der Waals surface area contributed by atoms with Gasteiger partial charge in [-0.2, -0.15) is 0 Å². The first-order valence-electron chi connectivity index (χ1n) is 4.55. The van der Waals surface area contributed by atoms with Crippen molar-refractivity contribution in [3.8, 4) is 0 Å². The lowest BCUT2D eigenvalue weighted by molar-refractivity contribution is 0.267. The van der Waals surface area contributed by atoms with Crippen molar-refractivity contribution in [1.82, 2.24) is 10.3 Å². The predicted octanol–water partition coefficient (Wildman–Crippen LogP) is 1.55. The summed E-state index contributed by atoms with van der Waals surface area (Å²) in [5, 5.41) is 12.4. The van der Waals surface area contributed by atoms with Gasteiger partial charge < -0.3 is 10.4 Å². The number of aliphatic hydroxyl groups excluding tert-OH is 1. The number of halogens is 1. The van der Waals surface area contributed by atoms with Gasteiger partial charge in [0.2, 0.25) is 0 Å². The molecule has 0 bridgehead atoms. The zero-order chi connectivity index (χ0) is 10.6. The first-order valence-corrected chi connectivity index (χ1v) is 4.92. The van der Waals surface area contributed by atoms with E-state index in [-0.39, 0.29) is 12.1 Å². The molecule has 4 heteroatoms. The number of aromatic nitrogens is 1. The van der Waals surface area contributed by atoms with E-state index >= 15 is 0 Å². The summed E-state index contributed by atoms with van der Waals surface area (Å²) >= 11 is 5.97. The van der Waals surface area contributed by atoms with Gasteiger partial charge in [0.05, 0.1) is 6.61 Å². The number of pyridine rings is 1. The minimum absolute atomic E-state index is 0.112. The third-order valence-corrected chi connectivity index (χ3v) is 2.41. The van der Waals surface area contributed by atoms with E-state index in [2.05, 4.69) is 10.3 Å². The maximum absolute atomic E-state index is 8.73. The molecule has 1 rings (SSSR count). The molecule has 1 aromatic rings. The highest BCUT2D eigenvalue weighted by Gasteiger charge is 2.22. The predicted molar refractivity (Wildman–Crippen MR) is 57.4 cm³/mol. The Bertz CT molecular complexity index is 302. The Balaban J connectivity index is 2.86. The first kappa shape index (κ1) is 11.4. The third kappa shape index (κ3) is 2.67. The minimum atomic E-state index is -0.270. The molecule has 0 atom stereocenters. The molecule has 0 aliphatic heterocycles. The molecule has 0 aliphatic rings. The Morgan fingerprint density at radius 3 is 2.86 bits per heavy atom. The molecule has 0 amide bonds. The van der Waals surface area contributed by atoms with E-state index in [1.54, 1.807) is 6.20 Å². The second kappa shape index (κ2) is 4.73. The monoisotopic (exact) mass is 214 g/mol. The van der Waals surface area contributed by atoms with Crippen molar-refractivity contribution < 1.29 is 5.11 Å². The van der Waals surface area contributed by atoms with Gasteiger partial charge in [-0.25, -0.2) is 4.98 Å². The van der Waals surface area contributed by atoms with Crippen molar-refractivity contribution >= 4 is 11.6 Å². The Morgan fingerprint density at radius 1 is 1.57 bits per heavy atom. The number of hydrogen-bond acceptors (Lipinski definition) is 3. The highest BCUT2D eigenvalue weighted by atomic mass is 35.5. The van der Waals surface area contributed by atoms with Crippen LogP contribution in [0.15, 0.2) is 18.3 Å². The van der Waals surface area contributed by atoms with Gasteiger partial charge in [-0.3, -0.25) is 0 Å². The molecular weight excluding hydrogens is 200 g/mol. The van der Waals surface area contributed by atoms with Gasteiger partial charge in [0, 0.05) is 23.8 Å². The molecule has 0 aliphatic carbocycles. The third-order valence-electron chi connectivity index (χ3n) is 2.11. The second-order valence-corrected chi connectivity index (χ2v) is 3.98.